The molecule has 0 aliphatic rings. The van der Waals surface area contributed by atoms with Crippen molar-refractivity contribution >= 4 is 28.8 Å². The number of hydrogen-bond donors (Lipinski definition) is 1. The van der Waals surface area contributed by atoms with Crippen molar-refractivity contribution in [3.8, 4) is 23.0 Å². The van der Waals surface area contributed by atoms with E-state index in [4.69, 9.17) is 18.9 Å². The maximum atomic E-state index is 12.8. The van der Waals surface area contributed by atoms with Crippen LogP contribution >= 0.6 is 0 Å². The number of methoxy groups -OCH3 is 4. The Bertz CT molecular complexity index is 1140. The van der Waals surface area contributed by atoms with Gasteiger partial charge in [-0.1, -0.05) is 12.1 Å². The van der Waals surface area contributed by atoms with Gasteiger partial charge >= 0.3 is 0 Å². The van der Waals surface area contributed by atoms with Crippen LogP contribution in [0.1, 0.15) is 16.8 Å². The molecule has 0 spiro atoms. The van der Waals surface area contributed by atoms with E-state index in [9.17, 15) is 9.35 Å². The minimum absolute atomic E-state index is 0.133. The standard InChI is InChI=1S/C26H28N2O6S/c1-31-20-15-24(33-3)21(25(16-20)34-4)10-12-35(30)17-18-8-9-23(32-2)22(13-18)28-26(29)14-19-7-5-6-11-27-19/h5-13,15-16H,14,17H2,1-4H3,(H,28,29)/b12-10+. The summed E-state index contributed by atoms with van der Waals surface area (Å²) < 4.78 is 34.3. The molecular weight excluding hydrogens is 468 g/mol. The Balaban J connectivity index is 1.73. The predicted molar refractivity (Wildman–Crippen MR) is 137 cm³/mol. The van der Waals surface area contributed by atoms with E-state index in [1.807, 2.05) is 12.1 Å². The second kappa shape index (κ2) is 12.7. The lowest BCUT2D eigenvalue weighted by molar-refractivity contribution is -0.115. The molecule has 3 rings (SSSR count). The molecule has 1 unspecified atom stereocenters. The van der Waals surface area contributed by atoms with Gasteiger partial charge in [0.1, 0.15) is 34.2 Å². The van der Waals surface area contributed by atoms with Crippen molar-refractivity contribution in [2.24, 2.45) is 0 Å². The maximum Gasteiger partial charge on any atom is 0.230 e. The van der Waals surface area contributed by atoms with Crippen molar-refractivity contribution in [3.63, 3.8) is 0 Å². The van der Waals surface area contributed by atoms with E-state index in [-0.39, 0.29) is 18.1 Å². The summed E-state index contributed by atoms with van der Waals surface area (Å²) in [6.45, 7) is 0. The number of ether oxygens (including phenoxy) is 4. The fourth-order valence-electron chi connectivity index (χ4n) is 3.36. The van der Waals surface area contributed by atoms with E-state index in [2.05, 4.69) is 10.3 Å². The Morgan fingerprint density at radius 3 is 2.29 bits per heavy atom. The summed E-state index contributed by atoms with van der Waals surface area (Å²) in [6.07, 6.45) is 3.48. The van der Waals surface area contributed by atoms with E-state index in [0.29, 0.717) is 39.9 Å². The molecule has 0 saturated heterocycles. The van der Waals surface area contributed by atoms with Gasteiger partial charge in [0.15, 0.2) is 0 Å². The molecule has 0 aliphatic carbocycles. The van der Waals surface area contributed by atoms with Crippen LogP contribution in [0.3, 0.4) is 0 Å². The molecule has 0 fully saturated rings. The van der Waals surface area contributed by atoms with Gasteiger partial charge in [-0.05, 0) is 35.4 Å². The van der Waals surface area contributed by atoms with E-state index >= 15 is 0 Å². The predicted octanol–water partition coefficient (Wildman–Crippen LogP) is 4.22. The third-order valence-electron chi connectivity index (χ3n) is 5.05. The Morgan fingerprint density at radius 1 is 0.971 bits per heavy atom. The summed E-state index contributed by atoms with van der Waals surface area (Å²) in [7, 11) is 6.18. The second-order valence-corrected chi connectivity index (χ2v) is 8.68. The van der Waals surface area contributed by atoms with Gasteiger partial charge in [0, 0.05) is 35.7 Å². The number of aromatic nitrogens is 1. The number of rotatable bonds is 11. The number of hydrogen-bond acceptors (Lipinski definition) is 7. The lowest BCUT2D eigenvalue weighted by atomic mass is 10.1. The number of amides is 1. The fraction of sp³-hybridized carbons (Fsp3) is 0.231. The Labute approximate surface area is 208 Å². The van der Waals surface area contributed by atoms with Gasteiger partial charge in [-0.3, -0.25) is 9.78 Å². The monoisotopic (exact) mass is 496 g/mol. The van der Waals surface area contributed by atoms with E-state index in [1.165, 1.54) is 7.11 Å². The molecule has 1 aromatic heterocycles. The largest absolute Gasteiger partial charge is 0.612 e. The SMILES string of the molecule is COc1cc(OC)c(/C=C/[S+]([O-])Cc2ccc(OC)c(NC(=O)Cc3ccccn3)c2)c(OC)c1. The van der Waals surface area contributed by atoms with E-state index < -0.39 is 11.2 Å². The number of pyridine rings is 1. The van der Waals surface area contributed by atoms with Crippen LogP contribution in [-0.4, -0.2) is 43.9 Å². The van der Waals surface area contributed by atoms with Gasteiger partial charge in [0.25, 0.3) is 0 Å². The summed E-state index contributed by atoms with van der Waals surface area (Å²) in [5.74, 6) is 2.20. The molecule has 1 atom stereocenters. The number of carbonyl (C=O) groups is 1. The first-order chi connectivity index (χ1) is 17.0. The molecule has 2 aromatic carbocycles. The van der Waals surface area contributed by atoms with Crippen LogP contribution in [0, 0.1) is 0 Å². The number of carbonyl (C=O) groups excluding carboxylic acids is 1. The fourth-order valence-corrected chi connectivity index (χ4v) is 4.25. The van der Waals surface area contributed by atoms with E-state index in [1.54, 1.807) is 75.4 Å². The van der Waals surface area contributed by atoms with Crippen LogP contribution in [0.5, 0.6) is 23.0 Å². The Hall–Kier alpha value is -3.69. The summed E-state index contributed by atoms with van der Waals surface area (Å²) in [5.41, 5.74) is 2.60. The van der Waals surface area contributed by atoms with Crippen LogP contribution in [0.25, 0.3) is 6.08 Å². The minimum Gasteiger partial charge on any atom is -0.612 e. The number of nitrogens with one attached hydrogen (secondary N) is 1. The lowest BCUT2D eigenvalue weighted by Crippen LogP contribution is -2.16. The molecule has 184 valence electrons. The maximum absolute atomic E-state index is 12.8. The first-order valence-corrected chi connectivity index (χ1v) is 12.1. The molecule has 0 bridgehead atoms. The molecule has 0 radical (unpaired) electrons. The van der Waals surface area contributed by atoms with Gasteiger partial charge in [-0.15, -0.1) is 0 Å². The van der Waals surface area contributed by atoms with Crippen LogP contribution in [-0.2, 0) is 28.1 Å². The highest BCUT2D eigenvalue weighted by atomic mass is 32.2. The highest BCUT2D eigenvalue weighted by molar-refractivity contribution is 7.93. The third kappa shape index (κ3) is 7.14. The topological polar surface area (TPSA) is 102 Å². The van der Waals surface area contributed by atoms with Gasteiger partial charge in [0.2, 0.25) is 5.91 Å². The smallest absolute Gasteiger partial charge is 0.230 e. The summed E-state index contributed by atoms with van der Waals surface area (Å²) >= 11 is -1.35. The van der Waals surface area contributed by atoms with Gasteiger partial charge in [-0.2, -0.15) is 0 Å². The molecule has 9 heteroatoms. The van der Waals surface area contributed by atoms with E-state index in [0.717, 1.165) is 5.56 Å². The molecule has 1 N–H and O–H groups in total. The van der Waals surface area contributed by atoms with Crippen LogP contribution < -0.4 is 24.3 Å². The number of anilines is 1. The summed E-state index contributed by atoms with van der Waals surface area (Å²) in [5, 5.41) is 4.44. The Morgan fingerprint density at radius 2 is 1.69 bits per heavy atom. The van der Waals surface area contributed by atoms with Gasteiger partial charge < -0.3 is 28.8 Å². The molecule has 1 amide bonds. The first kappa shape index (κ1) is 25.9. The summed E-state index contributed by atoms with van der Waals surface area (Å²) in [6, 6.07) is 14.2. The van der Waals surface area contributed by atoms with Crippen molar-refractivity contribution in [2.75, 3.05) is 33.8 Å². The van der Waals surface area contributed by atoms with Crippen molar-refractivity contribution in [3.05, 3.63) is 77.0 Å². The van der Waals surface area contributed by atoms with Crippen molar-refractivity contribution in [1.82, 2.24) is 4.98 Å². The number of benzene rings is 2. The lowest BCUT2D eigenvalue weighted by Gasteiger charge is -2.14. The zero-order valence-electron chi connectivity index (χ0n) is 20.1. The van der Waals surface area contributed by atoms with Gasteiger partial charge in [0.05, 0.1) is 46.1 Å². The quantitative estimate of drug-likeness (QED) is 0.397. The average Bonchev–Trinajstić information content (AvgIpc) is 2.87. The first-order valence-electron chi connectivity index (χ1n) is 10.7. The molecular formula is C26H28N2O6S. The highest BCUT2D eigenvalue weighted by Gasteiger charge is 2.15. The van der Waals surface area contributed by atoms with Crippen molar-refractivity contribution in [1.29, 1.82) is 0 Å². The normalized spacial score (nSPS) is 11.7. The zero-order valence-corrected chi connectivity index (χ0v) is 20.9. The number of nitrogens with zero attached hydrogens (tertiary/aromatic N) is 1. The van der Waals surface area contributed by atoms with Crippen molar-refractivity contribution in [2.45, 2.75) is 12.2 Å². The summed E-state index contributed by atoms with van der Waals surface area (Å²) in [4.78, 5) is 16.7. The molecule has 0 aliphatic heterocycles. The molecule has 3 aromatic rings. The molecule has 1 heterocycles. The minimum atomic E-state index is -1.35. The van der Waals surface area contributed by atoms with Gasteiger partial charge in [-0.25, -0.2) is 0 Å². The molecule has 0 saturated carbocycles. The average molecular weight is 497 g/mol. The van der Waals surface area contributed by atoms with Crippen LogP contribution in [0.2, 0.25) is 0 Å². The van der Waals surface area contributed by atoms with Crippen LogP contribution in [0.4, 0.5) is 5.69 Å². The third-order valence-corrected chi connectivity index (χ3v) is 6.11. The Kier molecular flexibility index (Phi) is 9.39. The molecule has 35 heavy (non-hydrogen) atoms. The zero-order chi connectivity index (χ0) is 25.2. The highest BCUT2D eigenvalue weighted by Crippen LogP contribution is 2.35. The van der Waals surface area contributed by atoms with Crippen LogP contribution in [0.15, 0.2) is 60.1 Å². The second-order valence-electron chi connectivity index (χ2n) is 7.35. The molecule has 8 nitrogen and oxygen atoms in total. The van der Waals surface area contributed by atoms with Crippen molar-refractivity contribution < 1.29 is 28.3 Å².